The summed E-state index contributed by atoms with van der Waals surface area (Å²) in [6, 6.07) is 15.9. The van der Waals surface area contributed by atoms with Crippen LogP contribution < -0.4 is 5.32 Å². The van der Waals surface area contributed by atoms with E-state index in [1.165, 1.54) is 11.3 Å². The highest BCUT2D eigenvalue weighted by atomic mass is 79.9. The summed E-state index contributed by atoms with van der Waals surface area (Å²) in [6.07, 6.45) is 5.28. The highest BCUT2D eigenvalue weighted by molar-refractivity contribution is 9.10. The number of fused-ring (bicyclic) bond motifs is 1. The first-order valence-corrected chi connectivity index (χ1v) is 11.3. The van der Waals surface area contributed by atoms with E-state index in [1.54, 1.807) is 0 Å². The van der Waals surface area contributed by atoms with Crippen LogP contribution in [0.4, 0.5) is 0 Å². The molecule has 0 atom stereocenters. The second-order valence-electron chi connectivity index (χ2n) is 7.92. The first-order chi connectivity index (χ1) is 14.0. The number of nitrogens with zero attached hydrogens (tertiary/aromatic N) is 2. The molecule has 0 radical (unpaired) electrons. The highest BCUT2D eigenvalue weighted by Crippen LogP contribution is 2.19. The zero-order chi connectivity index (χ0) is 20.6. The van der Waals surface area contributed by atoms with Crippen LogP contribution >= 0.6 is 15.9 Å². The quantitative estimate of drug-likeness (QED) is 0.381. The van der Waals surface area contributed by atoms with Gasteiger partial charge in [0.2, 0.25) is 0 Å². The molecular formula is C24H30BrN3O. The van der Waals surface area contributed by atoms with Crippen LogP contribution in [0, 0.1) is 5.92 Å². The van der Waals surface area contributed by atoms with Crippen molar-refractivity contribution in [1.29, 1.82) is 0 Å². The molecular weight excluding hydrogens is 426 g/mol. The zero-order valence-electron chi connectivity index (χ0n) is 17.3. The molecule has 3 aromatic rings. The van der Waals surface area contributed by atoms with Gasteiger partial charge in [-0.1, -0.05) is 48.3 Å². The number of para-hydroxylation sites is 2. The molecule has 0 saturated carbocycles. The summed E-state index contributed by atoms with van der Waals surface area (Å²) in [4.78, 5) is 17.0. The van der Waals surface area contributed by atoms with E-state index in [0.29, 0.717) is 18.0 Å². The molecule has 3 rings (SSSR count). The standard InChI is InChI=1S/C24H30BrN3O/c1-18(2)15-17-28-22-9-6-5-8-21(22)27-23(28)10-4-3-7-16-26-24(29)19-11-13-20(25)14-12-19/h5-6,8-9,11-14,18H,3-4,7,10,15-17H2,1-2H3,(H,26,29). The molecule has 1 aromatic heterocycles. The third-order valence-electron chi connectivity index (χ3n) is 5.13. The molecule has 0 aliphatic rings. The highest BCUT2D eigenvalue weighted by Gasteiger charge is 2.11. The molecule has 1 N–H and O–H groups in total. The number of carbonyl (C=O) groups excluding carboxylic acids is 1. The van der Waals surface area contributed by atoms with Gasteiger partial charge in [0.15, 0.2) is 0 Å². The lowest BCUT2D eigenvalue weighted by Crippen LogP contribution is -2.24. The molecule has 2 aromatic carbocycles. The smallest absolute Gasteiger partial charge is 0.251 e. The van der Waals surface area contributed by atoms with Gasteiger partial charge in [0, 0.05) is 29.5 Å². The Morgan fingerprint density at radius 1 is 1.07 bits per heavy atom. The summed E-state index contributed by atoms with van der Waals surface area (Å²) >= 11 is 3.39. The van der Waals surface area contributed by atoms with Crippen molar-refractivity contribution >= 4 is 32.9 Å². The number of amides is 1. The van der Waals surface area contributed by atoms with Crippen molar-refractivity contribution in [2.75, 3.05) is 6.54 Å². The Bertz CT molecular complexity index is 931. The van der Waals surface area contributed by atoms with Crippen LogP contribution in [0.3, 0.4) is 0 Å². The monoisotopic (exact) mass is 455 g/mol. The number of rotatable bonds is 10. The zero-order valence-corrected chi connectivity index (χ0v) is 18.9. The van der Waals surface area contributed by atoms with Crippen molar-refractivity contribution < 1.29 is 4.79 Å². The first-order valence-electron chi connectivity index (χ1n) is 10.5. The molecule has 1 heterocycles. The Balaban J connectivity index is 1.46. The fourth-order valence-electron chi connectivity index (χ4n) is 3.44. The van der Waals surface area contributed by atoms with E-state index in [-0.39, 0.29) is 5.91 Å². The van der Waals surface area contributed by atoms with Crippen molar-refractivity contribution in [2.24, 2.45) is 5.92 Å². The van der Waals surface area contributed by atoms with Gasteiger partial charge in [-0.25, -0.2) is 4.98 Å². The van der Waals surface area contributed by atoms with Gasteiger partial charge in [-0.15, -0.1) is 0 Å². The average molecular weight is 456 g/mol. The van der Waals surface area contributed by atoms with Gasteiger partial charge in [0.25, 0.3) is 5.91 Å². The van der Waals surface area contributed by atoms with E-state index in [0.717, 1.165) is 48.6 Å². The van der Waals surface area contributed by atoms with Gasteiger partial charge in [0.05, 0.1) is 11.0 Å². The summed E-state index contributed by atoms with van der Waals surface area (Å²) in [7, 11) is 0. The molecule has 1 amide bonds. The maximum absolute atomic E-state index is 12.1. The number of halogens is 1. The van der Waals surface area contributed by atoms with Crippen LogP contribution in [0.2, 0.25) is 0 Å². The molecule has 0 aliphatic heterocycles. The Hall–Kier alpha value is -2.14. The number of imidazole rings is 1. The largest absolute Gasteiger partial charge is 0.352 e. The molecule has 154 valence electrons. The van der Waals surface area contributed by atoms with Crippen molar-refractivity contribution in [2.45, 2.75) is 52.5 Å². The lowest BCUT2D eigenvalue weighted by molar-refractivity contribution is 0.0953. The minimum atomic E-state index is -0.00650. The molecule has 5 heteroatoms. The molecule has 29 heavy (non-hydrogen) atoms. The number of aryl methyl sites for hydroxylation is 2. The van der Waals surface area contributed by atoms with E-state index < -0.39 is 0 Å². The summed E-state index contributed by atoms with van der Waals surface area (Å²) in [5, 5.41) is 3.01. The maximum Gasteiger partial charge on any atom is 0.251 e. The van der Waals surface area contributed by atoms with Crippen LogP contribution in [-0.2, 0) is 13.0 Å². The van der Waals surface area contributed by atoms with E-state index in [4.69, 9.17) is 4.98 Å². The Morgan fingerprint density at radius 3 is 2.59 bits per heavy atom. The van der Waals surface area contributed by atoms with E-state index >= 15 is 0 Å². The predicted molar refractivity (Wildman–Crippen MR) is 123 cm³/mol. The second-order valence-corrected chi connectivity index (χ2v) is 8.84. The second kappa shape index (κ2) is 10.6. The number of hydrogen-bond donors (Lipinski definition) is 1. The summed E-state index contributed by atoms with van der Waals surface area (Å²) in [6.45, 7) is 6.26. The fraction of sp³-hybridized carbons (Fsp3) is 0.417. The number of benzene rings is 2. The van der Waals surface area contributed by atoms with Crippen LogP contribution in [-0.4, -0.2) is 22.0 Å². The van der Waals surface area contributed by atoms with E-state index in [2.05, 4.69) is 63.9 Å². The fourth-order valence-corrected chi connectivity index (χ4v) is 3.71. The maximum atomic E-state index is 12.1. The van der Waals surface area contributed by atoms with Gasteiger partial charge < -0.3 is 9.88 Å². The minimum Gasteiger partial charge on any atom is -0.352 e. The van der Waals surface area contributed by atoms with Gasteiger partial charge in [-0.05, 0) is 61.6 Å². The molecule has 0 fully saturated rings. The van der Waals surface area contributed by atoms with Crippen molar-refractivity contribution in [1.82, 2.24) is 14.9 Å². The first kappa shape index (κ1) is 21.6. The predicted octanol–water partition coefficient (Wildman–Crippen LogP) is 5.99. The van der Waals surface area contributed by atoms with Gasteiger partial charge in [-0.2, -0.15) is 0 Å². The van der Waals surface area contributed by atoms with Crippen LogP contribution in [0.25, 0.3) is 11.0 Å². The topological polar surface area (TPSA) is 46.9 Å². The lowest BCUT2D eigenvalue weighted by atomic mass is 10.1. The normalized spacial score (nSPS) is 11.3. The molecule has 0 unspecified atom stereocenters. The average Bonchev–Trinajstić information content (AvgIpc) is 3.06. The molecule has 0 aliphatic carbocycles. The Kier molecular flexibility index (Phi) is 7.87. The van der Waals surface area contributed by atoms with Crippen LogP contribution in [0.1, 0.15) is 55.7 Å². The number of hydrogen-bond acceptors (Lipinski definition) is 2. The van der Waals surface area contributed by atoms with Crippen LogP contribution in [0.15, 0.2) is 53.0 Å². The lowest BCUT2D eigenvalue weighted by Gasteiger charge is -2.11. The number of unbranched alkanes of at least 4 members (excludes halogenated alkanes) is 2. The van der Waals surface area contributed by atoms with Crippen molar-refractivity contribution in [3.05, 3.63) is 64.4 Å². The third-order valence-corrected chi connectivity index (χ3v) is 5.66. The van der Waals surface area contributed by atoms with E-state index in [1.807, 2.05) is 24.3 Å². The summed E-state index contributed by atoms with van der Waals surface area (Å²) in [5.41, 5.74) is 3.03. The third kappa shape index (κ3) is 6.17. The molecule has 0 saturated heterocycles. The number of carbonyl (C=O) groups is 1. The molecule has 0 bridgehead atoms. The van der Waals surface area contributed by atoms with Crippen LogP contribution in [0.5, 0.6) is 0 Å². The van der Waals surface area contributed by atoms with E-state index in [9.17, 15) is 4.79 Å². The number of nitrogens with one attached hydrogen (secondary N) is 1. The minimum absolute atomic E-state index is 0.00650. The van der Waals surface area contributed by atoms with Gasteiger partial charge >= 0.3 is 0 Å². The molecule has 0 spiro atoms. The van der Waals surface area contributed by atoms with Gasteiger partial charge in [0.1, 0.15) is 5.82 Å². The molecule has 4 nitrogen and oxygen atoms in total. The SMILES string of the molecule is CC(C)CCn1c(CCCCCNC(=O)c2ccc(Br)cc2)nc2ccccc21. The summed E-state index contributed by atoms with van der Waals surface area (Å²) in [5.74, 6) is 1.86. The van der Waals surface area contributed by atoms with Gasteiger partial charge in [-0.3, -0.25) is 4.79 Å². The Labute approximate surface area is 181 Å². The summed E-state index contributed by atoms with van der Waals surface area (Å²) < 4.78 is 3.37. The van der Waals surface area contributed by atoms with Crippen molar-refractivity contribution in [3.63, 3.8) is 0 Å². The Morgan fingerprint density at radius 2 is 1.83 bits per heavy atom. The van der Waals surface area contributed by atoms with Crippen molar-refractivity contribution in [3.8, 4) is 0 Å². The number of aromatic nitrogens is 2.